The molecule has 0 fully saturated rings. The molecule has 0 saturated heterocycles. The fourth-order valence-electron chi connectivity index (χ4n) is 1.61. The lowest BCUT2D eigenvalue weighted by Gasteiger charge is -2.18. The molecule has 1 heterocycles. The third kappa shape index (κ3) is 2.72. The number of rotatable bonds is 4. The van der Waals surface area contributed by atoms with Crippen LogP contribution in [0, 0.1) is 5.92 Å². The molecule has 1 rings (SSSR count). The lowest BCUT2D eigenvalue weighted by atomic mass is 9.89. The Bertz CT molecular complexity index is 393. The third-order valence-electron chi connectivity index (χ3n) is 2.31. The van der Waals surface area contributed by atoms with Gasteiger partial charge >= 0.3 is 5.97 Å². The van der Waals surface area contributed by atoms with Crippen molar-refractivity contribution in [2.75, 3.05) is 7.11 Å². The van der Waals surface area contributed by atoms with Gasteiger partial charge in [-0.1, -0.05) is 13.8 Å². The zero-order chi connectivity index (χ0) is 12.3. The summed E-state index contributed by atoms with van der Waals surface area (Å²) in [5, 5.41) is 9.21. The Labute approximate surface area is 103 Å². The highest BCUT2D eigenvalue weighted by Gasteiger charge is 2.27. The number of aromatic nitrogens is 1. The summed E-state index contributed by atoms with van der Waals surface area (Å²) < 4.78 is 5.83. The Morgan fingerprint density at radius 1 is 1.56 bits per heavy atom. The molecule has 0 aliphatic rings. The van der Waals surface area contributed by atoms with Crippen molar-refractivity contribution in [2.24, 2.45) is 5.92 Å². The maximum absolute atomic E-state index is 11.2. The van der Waals surface area contributed by atoms with E-state index >= 15 is 0 Å². The Morgan fingerprint density at radius 2 is 2.19 bits per heavy atom. The minimum atomic E-state index is -0.867. The largest absolute Gasteiger partial charge is 0.481 e. The Balaban J connectivity index is 3.26. The van der Waals surface area contributed by atoms with Gasteiger partial charge in [0.25, 0.3) is 0 Å². The SMILES string of the molecule is COc1ncc(Br)cc1C(C(=O)O)C(C)C. The molecule has 1 atom stereocenters. The summed E-state index contributed by atoms with van der Waals surface area (Å²) in [4.78, 5) is 15.3. The van der Waals surface area contributed by atoms with Crippen molar-refractivity contribution in [3.8, 4) is 5.88 Å². The molecule has 1 aromatic heterocycles. The molecular weight excluding hydrogens is 274 g/mol. The molecule has 0 saturated carbocycles. The minimum Gasteiger partial charge on any atom is -0.481 e. The molecule has 0 spiro atoms. The molecule has 0 aliphatic carbocycles. The van der Waals surface area contributed by atoms with Crippen molar-refractivity contribution in [2.45, 2.75) is 19.8 Å². The smallest absolute Gasteiger partial charge is 0.311 e. The lowest BCUT2D eigenvalue weighted by Crippen LogP contribution is -2.18. The monoisotopic (exact) mass is 287 g/mol. The predicted octanol–water partition coefficient (Wildman–Crippen LogP) is 2.68. The van der Waals surface area contributed by atoms with Crippen LogP contribution in [0.15, 0.2) is 16.7 Å². The molecule has 5 heteroatoms. The van der Waals surface area contributed by atoms with Crippen LogP contribution in [0.3, 0.4) is 0 Å². The number of nitrogens with zero attached hydrogens (tertiary/aromatic N) is 1. The Morgan fingerprint density at radius 3 is 2.62 bits per heavy atom. The zero-order valence-corrected chi connectivity index (χ0v) is 11.0. The van der Waals surface area contributed by atoms with Crippen molar-refractivity contribution in [1.29, 1.82) is 0 Å². The van der Waals surface area contributed by atoms with Gasteiger partial charge < -0.3 is 9.84 Å². The molecule has 0 radical (unpaired) electrons. The van der Waals surface area contributed by atoms with Crippen LogP contribution in [0.1, 0.15) is 25.3 Å². The molecular formula is C11H14BrNO3. The standard InChI is InChI=1S/C11H14BrNO3/c1-6(2)9(11(14)15)8-4-7(12)5-13-10(8)16-3/h4-6,9H,1-3H3,(H,14,15). The number of hydrogen-bond acceptors (Lipinski definition) is 3. The van der Waals surface area contributed by atoms with E-state index in [2.05, 4.69) is 20.9 Å². The van der Waals surface area contributed by atoms with Crippen LogP contribution >= 0.6 is 15.9 Å². The average Bonchev–Trinajstić information content (AvgIpc) is 2.17. The Kier molecular flexibility index (Phi) is 4.29. The second kappa shape index (κ2) is 5.30. The first-order valence-corrected chi connectivity index (χ1v) is 5.69. The van der Waals surface area contributed by atoms with Gasteiger partial charge in [-0.25, -0.2) is 4.98 Å². The number of carboxylic acid groups (broad SMARTS) is 1. The van der Waals surface area contributed by atoms with Crippen LogP contribution in [0.2, 0.25) is 0 Å². The van der Waals surface area contributed by atoms with E-state index < -0.39 is 11.9 Å². The third-order valence-corrected chi connectivity index (χ3v) is 2.74. The molecule has 4 nitrogen and oxygen atoms in total. The molecule has 88 valence electrons. The number of pyridine rings is 1. The van der Waals surface area contributed by atoms with Gasteiger partial charge in [0, 0.05) is 16.2 Å². The molecule has 16 heavy (non-hydrogen) atoms. The predicted molar refractivity (Wildman–Crippen MR) is 63.7 cm³/mol. The van der Waals surface area contributed by atoms with E-state index in [-0.39, 0.29) is 5.92 Å². The van der Waals surface area contributed by atoms with Gasteiger partial charge in [0.1, 0.15) is 0 Å². The van der Waals surface area contributed by atoms with Crippen molar-refractivity contribution < 1.29 is 14.6 Å². The number of methoxy groups -OCH3 is 1. The van der Waals surface area contributed by atoms with Gasteiger partial charge in [-0.05, 0) is 27.9 Å². The summed E-state index contributed by atoms with van der Waals surface area (Å²) in [5.74, 6) is -1.14. The van der Waals surface area contributed by atoms with Crippen molar-refractivity contribution in [3.63, 3.8) is 0 Å². The number of halogens is 1. The van der Waals surface area contributed by atoms with Gasteiger partial charge in [-0.3, -0.25) is 4.79 Å². The zero-order valence-electron chi connectivity index (χ0n) is 9.40. The number of carbonyl (C=O) groups is 1. The van der Waals surface area contributed by atoms with Crippen LogP contribution in [0.5, 0.6) is 5.88 Å². The normalized spacial score (nSPS) is 12.6. The van der Waals surface area contributed by atoms with E-state index in [4.69, 9.17) is 4.74 Å². The van der Waals surface area contributed by atoms with E-state index in [1.165, 1.54) is 7.11 Å². The summed E-state index contributed by atoms with van der Waals surface area (Å²) in [7, 11) is 1.49. The quantitative estimate of drug-likeness (QED) is 0.925. The molecule has 0 aromatic carbocycles. The molecule has 0 aliphatic heterocycles. The van der Waals surface area contributed by atoms with Crippen LogP contribution in [0.4, 0.5) is 0 Å². The maximum Gasteiger partial charge on any atom is 0.311 e. The summed E-state index contributed by atoms with van der Waals surface area (Å²) >= 11 is 3.28. The van der Waals surface area contributed by atoms with E-state index in [0.717, 1.165) is 4.47 Å². The summed E-state index contributed by atoms with van der Waals surface area (Å²) in [6, 6.07) is 1.74. The number of carboxylic acids is 1. The second-order valence-corrected chi connectivity index (χ2v) is 4.73. The minimum absolute atomic E-state index is 0.0255. The highest BCUT2D eigenvalue weighted by Crippen LogP contribution is 2.32. The average molecular weight is 288 g/mol. The van der Waals surface area contributed by atoms with Gasteiger partial charge in [-0.15, -0.1) is 0 Å². The van der Waals surface area contributed by atoms with Crippen molar-refractivity contribution in [1.82, 2.24) is 4.98 Å². The van der Waals surface area contributed by atoms with E-state index in [1.807, 2.05) is 13.8 Å². The first kappa shape index (κ1) is 13.0. The van der Waals surface area contributed by atoms with Crippen LogP contribution in [-0.4, -0.2) is 23.2 Å². The molecule has 1 N–H and O–H groups in total. The second-order valence-electron chi connectivity index (χ2n) is 3.81. The summed E-state index contributed by atoms with van der Waals surface area (Å²) in [5.41, 5.74) is 0.597. The van der Waals surface area contributed by atoms with Gasteiger partial charge in [-0.2, -0.15) is 0 Å². The first-order valence-electron chi connectivity index (χ1n) is 4.89. The maximum atomic E-state index is 11.2. The first-order chi connectivity index (χ1) is 7.47. The highest BCUT2D eigenvalue weighted by molar-refractivity contribution is 9.10. The van der Waals surface area contributed by atoms with Crippen molar-refractivity contribution >= 4 is 21.9 Å². The number of aliphatic carboxylic acids is 1. The summed E-state index contributed by atoms with van der Waals surface area (Å²) in [6.45, 7) is 3.72. The van der Waals surface area contributed by atoms with Gasteiger partial charge in [0.05, 0.1) is 13.0 Å². The van der Waals surface area contributed by atoms with E-state index in [1.54, 1.807) is 12.3 Å². The van der Waals surface area contributed by atoms with Gasteiger partial charge in [0.2, 0.25) is 5.88 Å². The van der Waals surface area contributed by atoms with E-state index in [0.29, 0.717) is 11.4 Å². The van der Waals surface area contributed by atoms with Crippen LogP contribution in [0.25, 0.3) is 0 Å². The molecule has 1 aromatic rings. The fraction of sp³-hybridized carbons (Fsp3) is 0.455. The lowest BCUT2D eigenvalue weighted by molar-refractivity contribution is -0.139. The van der Waals surface area contributed by atoms with Gasteiger partial charge in [0.15, 0.2) is 0 Å². The fourth-order valence-corrected chi connectivity index (χ4v) is 1.96. The number of ether oxygens (including phenoxy) is 1. The summed E-state index contributed by atoms with van der Waals surface area (Å²) in [6.07, 6.45) is 1.58. The highest BCUT2D eigenvalue weighted by atomic mass is 79.9. The molecule has 1 unspecified atom stereocenters. The van der Waals surface area contributed by atoms with Crippen LogP contribution < -0.4 is 4.74 Å². The molecule has 0 bridgehead atoms. The Hall–Kier alpha value is -1.10. The van der Waals surface area contributed by atoms with Crippen molar-refractivity contribution in [3.05, 3.63) is 22.3 Å². The topological polar surface area (TPSA) is 59.4 Å². The van der Waals surface area contributed by atoms with E-state index in [9.17, 15) is 9.90 Å². The molecule has 0 amide bonds. The van der Waals surface area contributed by atoms with Crippen LogP contribution in [-0.2, 0) is 4.79 Å². The number of hydrogen-bond donors (Lipinski definition) is 1.